The highest BCUT2D eigenvalue weighted by Crippen LogP contribution is 2.25. The summed E-state index contributed by atoms with van der Waals surface area (Å²) >= 11 is 1.49. The molecule has 17 heavy (non-hydrogen) atoms. The summed E-state index contributed by atoms with van der Waals surface area (Å²) in [5, 5.41) is 9.59. The van der Waals surface area contributed by atoms with Crippen molar-refractivity contribution in [3.8, 4) is 6.07 Å². The zero-order valence-corrected chi connectivity index (χ0v) is 10.3. The van der Waals surface area contributed by atoms with Crippen molar-refractivity contribution in [3.63, 3.8) is 0 Å². The Morgan fingerprint density at radius 2 is 2.24 bits per heavy atom. The van der Waals surface area contributed by atoms with Gasteiger partial charge in [-0.2, -0.15) is 5.26 Å². The van der Waals surface area contributed by atoms with Gasteiger partial charge in [0, 0.05) is 18.3 Å². The quantitative estimate of drug-likeness (QED) is 0.833. The molecule has 2 aromatic rings. The monoisotopic (exact) mass is 244 g/mol. The fraction of sp³-hybridized carbons (Fsp3) is 0.231. The molecule has 4 heteroatoms. The molecular weight excluding hydrogens is 232 g/mol. The Balaban J connectivity index is 2.22. The lowest BCUT2D eigenvalue weighted by Gasteiger charge is -2.13. The van der Waals surface area contributed by atoms with Gasteiger partial charge in [-0.3, -0.25) is 4.79 Å². The molecule has 1 aromatic carbocycles. The number of rotatable bonds is 3. The van der Waals surface area contributed by atoms with Crippen LogP contribution < -0.4 is 0 Å². The summed E-state index contributed by atoms with van der Waals surface area (Å²) in [7, 11) is 1.73. The van der Waals surface area contributed by atoms with E-state index in [0.29, 0.717) is 13.0 Å². The number of nitriles is 1. The van der Waals surface area contributed by atoms with Crippen molar-refractivity contribution in [1.29, 1.82) is 5.26 Å². The molecule has 0 bridgehead atoms. The van der Waals surface area contributed by atoms with Gasteiger partial charge in [0.25, 0.3) is 5.91 Å². The molecule has 2 rings (SSSR count). The highest BCUT2D eigenvalue weighted by molar-refractivity contribution is 7.20. The summed E-state index contributed by atoms with van der Waals surface area (Å²) < 4.78 is 1.12. The van der Waals surface area contributed by atoms with Crippen LogP contribution in [0.2, 0.25) is 0 Å². The molecule has 1 aromatic heterocycles. The molecule has 0 aliphatic heterocycles. The summed E-state index contributed by atoms with van der Waals surface area (Å²) in [5.41, 5.74) is 0. The van der Waals surface area contributed by atoms with Crippen molar-refractivity contribution >= 4 is 27.3 Å². The number of nitrogens with zero attached hydrogens (tertiary/aromatic N) is 2. The first kappa shape index (κ1) is 11.6. The second-order valence-corrected chi connectivity index (χ2v) is 4.87. The highest BCUT2D eigenvalue weighted by Gasteiger charge is 2.14. The van der Waals surface area contributed by atoms with Crippen LogP contribution >= 0.6 is 11.3 Å². The number of hydrogen-bond acceptors (Lipinski definition) is 3. The standard InChI is InChI=1S/C13H12N2OS/c1-15(8-4-7-14)13(16)12-9-10-5-2-3-6-11(10)17-12/h2-3,5-6,9H,4,8H2,1H3. The van der Waals surface area contributed by atoms with E-state index in [0.717, 1.165) is 15.0 Å². The third kappa shape index (κ3) is 2.45. The van der Waals surface area contributed by atoms with E-state index in [4.69, 9.17) is 5.26 Å². The molecule has 0 spiro atoms. The SMILES string of the molecule is CN(CCC#N)C(=O)c1cc2ccccc2s1. The lowest BCUT2D eigenvalue weighted by atomic mass is 10.2. The molecule has 0 radical (unpaired) electrons. The van der Waals surface area contributed by atoms with Crippen molar-refractivity contribution in [2.45, 2.75) is 6.42 Å². The minimum absolute atomic E-state index is 0.0125. The van der Waals surface area contributed by atoms with Crippen LogP contribution in [0.4, 0.5) is 0 Å². The number of amides is 1. The van der Waals surface area contributed by atoms with E-state index in [1.54, 1.807) is 11.9 Å². The van der Waals surface area contributed by atoms with Gasteiger partial charge in [-0.1, -0.05) is 18.2 Å². The highest BCUT2D eigenvalue weighted by atomic mass is 32.1. The molecule has 0 aliphatic rings. The van der Waals surface area contributed by atoms with Crippen molar-refractivity contribution in [1.82, 2.24) is 4.90 Å². The van der Waals surface area contributed by atoms with E-state index >= 15 is 0 Å². The average molecular weight is 244 g/mol. The molecule has 1 heterocycles. The van der Waals surface area contributed by atoms with Gasteiger partial charge in [-0.05, 0) is 17.5 Å². The topological polar surface area (TPSA) is 44.1 Å². The smallest absolute Gasteiger partial charge is 0.263 e. The largest absolute Gasteiger partial charge is 0.340 e. The van der Waals surface area contributed by atoms with Crippen LogP contribution in [-0.4, -0.2) is 24.4 Å². The van der Waals surface area contributed by atoms with Gasteiger partial charge in [0.15, 0.2) is 0 Å². The van der Waals surface area contributed by atoms with Crippen molar-refractivity contribution in [3.05, 3.63) is 35.2 Å². The van der Waals surface area contributed by atoms with Crippen LogP contribution in [0.3, 0.4) is 0 Å². The number of benzene rings is 1. The van der Waals surface area contributed by atoms with Crippen molar-refractivity contribution in [2.75, 3.05) is 13.6 Å². The number of carbonyl (C=O) groups is 1. The minimum Gasteiger partial charge on any atom is -0.340 e. The summed E-state index contributed by atoms with van der Waals surface area (Å²) in [5.74, 6) is -0.0125. The summed E-state index contributed by atoms with van der Waals surface area (Å²) in [6.07, 6.45) is 0.368. The Bertz CT molecular complexity index is 549. The zero-order valence-electron chi connectivity index (χ0n) is 9.51. The van der Waals surface area contributed by atoms with Crippen LogP contribution in [0.5, 0.6) is 0 Å². The molecule has 3 nitrogen and oxygen atoms in total. The molecule has 0 saturated heterocycles. The third-order valence-electron chi connectivity index (χ3n) is 2.54. The minimum atomic E-state index is -0.0125. The molecule has 1 amide bonds. The summed E-state index contributed by atoms with van der Waals surface area (Å²) in [4.78, 5) is 14.4. The van der Waals surface area contributed by atoms with Crippen LogP contribution in [0.15, 0.2) is 30.3 Å². The maximum Gasteiger partial charge on any atom is 0.263 e. The molecule has 86 valence electrons. The first-order valence-electron chi connectivity index (χ1n) is 5.33. The lowest BCUT2D eigenvalue weighted by Crippen LogP contribution is -2.26. The zero-order chi connectivity index (χ0) is 12.3. The van der Waals surface area contributed by atoms with Gasteiger partial charge in [0.1, 0.15) is 0 Å². The molecule has 0 saturated carbocycles. The number of thiophene rings is 1. The van der Waals surface area contributed by atoms with Gasteiger partial charge >= 0.3 is 0 Å². The predicted molar refractivity (Wildman–Crippen MR) is 69.0 cm³/mol. The second-order valence-electron chi connectivity index (χ2n) is 3.78. The Morgan fingerprint density at radius 1 is 1.47 bits per heavy atom. The van der Waals surface area contributed by atoms with Crippen LogP contribution in [-0.2, 0) is 0 Å². The Labute approximate surface area is 104 Å². The fourth-order valence-electron chi connectivity index (χ4n) is 1.59. The van der Waals surface area contributed by atoms with E-state index < -0.39 is 0 Å². The molecular formula is C13H12N2OS. The average Bonchev–Trinajstić information content (AvgIpc) is 2.78. The van der Waals surface area contributed by atoms with Crippen molar-refractivity contribution < 1.29 is 4.79 Å². The second kappa shape index (κ2) is 4.98. The molecule has 0 aliphatic carbocycles. The van der Waals surface area contributed by atoms with Gasteiger partial charge < -0.3 is 4.90 Å². The van der Waals surface area contributed by atoms with E-state index in [1.807, 2.05) is 36.4 Å². The van der Waals surface area contributed by atoms with Crippen LogP contribution in [0.25, 0.3) is 10.1 Å². The summed E-state index contributed by atoms with van der Waals surface area (Å²) in [6, 6.07) is 11.9. The Kier molecular flexibility index (Phi) is 3.40. The number of carbonyl (C=O) groups excluding carboxylic acids is 1. The first-order valence-corrected chi connectivity index (χ1v) is 6.15. The first-order chi connectivity index (χ1) is 8.22. The molecule has 0 atom stereocenters. The van der Waals surface area contributed by atoms with Gasteiger partial charge in [0.2, 0.25) is 0 Å². The Hall–Kier alpha value is -1.86. The normalized spacial score (nSPS) is 10.1. The third-order valence-corrected chi connectivity index (χ3v) is 3.65. The van der Waals surface area contributed by atoms with E-state index in [-0.39, 0.29) is 5.91 Å². The van der Waals surface area contributed by atoms with E-state index in [2.05, 4.69) is 0 Å². The maximum absolute atomic E-state index is 12.0. The van der Waals surface area contributed by atoms with Crippen molar-refractivity contribution in [2.24, 2.45) is 0 Å². The Morgan fingerprint density at radius 3 is 2.94 bits per heavy atom. The fourth-order valence-corrected chi connectivity index (χ4v) is 2.65. The van der Waals surface area contributed by atoms with E-state index in [9.17, 15) is 4.79 Å². The van der Waals surface area contributed by atoms with Crippen LogP contribution in [0.1, 0.15) is 16.1 Å². The number of fused-ring (bicyclic) bond motifs is 1. The lowest BCUT2D eigenvalue weighted by molar-refractivity contribution is 0.0803. The van der Waals surface area contributed by atoms with Gasteiger partial charge in [-0.15, -0.1) is 11.3 Å². The summed E-state index contributed by atoms with van der Waals surface area (Å²) in [6.45, 7) is 0.476. The van der Waals surface area contributed by atoms with Crippen LogP contribution in [0, 0.1) is 11.3 Å². The molecule has 0 fully saturated rings. The predicted octanol–water partition coefficient (Wildman–Crippen LogP) is 2.89. The molecule has 0 unspecified atom stereocenters. The van der Waals surface area contributed by atoms with E-state index in [1.165, 1.54) is 11.3 Å². The molecule has 0 N–H and O–H groups in total. The van der Waals surface area contributed by atoms with Gasteiger partial charge in [0.05, 0.1) is 17.4 Å². The van der Waals surface area contributed by atoms with Gasteiger partial charge in [-0.25, -0.2) is 0 Å². The maximum atomic E-state index is 12.0. The number of hydrogen-bond donors (Lipinski definition) is 0.